The van der Waals surface area contributed by atoms with Crippen LogP contribution in [0.25, 0.3) is 5.69 Å². The summed E-state index contributed by atoms with van der Waals surface area (Å²) < 4.78 is 1.75. The second-order valence-corrected chi connectivity index (χ2v) is 7.07. The predicted molar refractivity (Wildman–Crippen MR) is 89.4 cm³/mol. The van der Waals surface area contributed by atoms with E-state index in [1.807, 2.05) is 36.5 Å². The van der Waals surface area contributed by atoms with Gasteiger partial charge in [0.1, 0.15) is 0 Å². The van der Waals surface area contributed by atoms with Gasteiger partial charge < -0.3 is 5.32 Å². The van der Waals surface area contributed by atoms with Crippen molar-refractivity contribution >= 4 is 5.91 Å². The van der Waals surface area contributed by atoms with E-state index in [2.05, 4.69) is 17.3 Å². The van der Waals surface area contributed by atoms with Crippen molar-refractivity contribution in [1.82, 2.24) is 15.1 Å². The highest BCUT2D eigenvalue weighted by Crippen LogP contribution is 2.49. The molecule has 2 aliphatic carbocycles. The van der Waals surface area contributed by atoms with Gasteiger partial charge in [-0.1, -0.05) is 18.6 Å². The summed E-state index contributed by atoms with van der Waals surface area (Å²) in [6.07, 6.45) is 8.99. The molecule has 0 aliphatic heterocycles. The molecule has 2 aromatic rings. The van der Waals surface area contributed by atoms with Crippen molar-refractivity contribution in [2.75, 3.05) is 0 Å². The first-order valence-corrected chi connectivity index (χ1v) is 8.62. The number of hydrogen-bond donors (Lipinski definition) is 1. The van der Waals surface area contributed by atoms with Crippen LogP contribution >= 0.6 is 0 Å². The molecule has 23 heavy (non-hydrogen) atoms. The maximum Gasteiger partial charge on any atom is 0.253 e. The second kappa shape index (κ2) is 5.84. The highest BCUT2D eigenvalue weighted by Gasteiger charge is 2.42. The van der Waals surface area contributed by atoms with Gasteiger partial charge in [-0.2, -0.15) is 5.10 Å². The minimum atomic E-state index is 0.00590. The van der Waals surface area contributed by atoms with Crippen molar-refractivity contribution in [2.24, 2.45) is 17.8 Å². The monoisotopic (exact) mass is 309 g/mol. The zero-order valence-electron chi connectivity index (χ0n) is 13.5. The third kappa shape index (κ3) is 2.67. The molecule has 1 aromatic heterocycles. The van der Waals surface area contributed by atoms with Crippen LogP contribution in [0.1, 0.15) is 43.0 Å². The van der Waals surface area contributed by atoms with Crippen LogP contribution < -0.4 is 5.32 Å². The van der Waals surface area contributed by atoms with Gasteiger partial charge in [0.05, 0.1) is 11.3 Å². The van der Waals surface area contributed by atoms with Gasteiger partial charge in [-0.15, -0.1) is 0 Å². The Balaban J connectivity index is 1.51. The number of nitrogens with zero attached hydrogens (tertiary/aromatic N) is 2. The molecule has 0 radical (unpaired) electrons. The van der Waals surface area contributed by atoms with Crippen LogP contribution in [0.4, 0.5) is 0 Å². The number of rotatable bonds is 4. The van der Waals surface area contributed by atoms with Crippen LogP contribution in [0.3, 0.4) is 0 Å². The summed E-state index contributed by atoms with van der Waals surface area (Å²) in [5.74, 6) is 2.37. The quantitative estimate of drug-likeness (QED) is 0.940. The Bertz CT molecular complexity index is 694. The Hall–Kier alpha value is -2.10. The van der Waals surface area contributed by atoms with Crippen molar-refractivity contribution in [2.45, 2.75) is 38.6 Å². The Morgan fingerprint density at radius 3 is 2.83 bits per heavy atom. The van der Waals surface area contributed by atoms with Gasteiger partial charge in [-0.25, -0.2) is 4.68 Å². The minimum Gasteiger partial charge on any atom is -0.349 e. The second-order valence-electron chi connectivity index (χ2n) is 7.07. The summed E-state index contributed by atoms with van der Waals surface area (Å²) in [6, 6.07) is 9.76. The fraction of sp³-hybridized carbons (Fsp3) is 0.474. The van der Waals surface area contributed by atoms with Gasteiger partial charge >= 0.3 is 0 Å². The van der Waals surface area contributed by atoms with E-state index in [0.717, 1.165) is 17.5 Å². The molecule has 2 fully saturated rings. The fourth-order valence-electron chi connectivity index (χ4n) is 4.57. The van der Waals surface area contributed by atoms with Crippen molar-refractivity contribution in [3.05, 3.63) is 48.3 Å². The molecular formula is C19H23N3O. The van der Waals surface area contributed by atoms with E-state index >= 15 is 0 Å². The number of hydrogen-bond acceptors (Lipinski definition) is 2. The number of amides is 1. The van der Waals surface area contributed by atoms with E-state index in [0.29, 0.717) is 11.5 Å². The summed E-state index contributed by atoms with van der Waals surface area (Å²) in [5.41, 5.74) is 1.52. The Morgan fingerprint density at radius 2 is 2.13 bits per heavy atom. The van der Waals surface area contributed by atoms with Crippen LogP contribution in [-0.2, 0) is 0 Å². The Kier molecular flexibility index (Phi) is 3.68. The first-order chi connectivity index (χ1) is 11.2. The molecule has 1 aromatic carbocycles. The summed E-state index contributed by atoms with van der Waals surface area (Å²) >= 11 is 0. The number of carbonyl (C=O) groups is 1. The van der Waals surface area contributed by atoms with Crippen LogP contribution in [0.2, 0.25) is 0 Å². The predicted octanol–water partition coefficient (Wildman–Crippen LogP) is 3.43. The van der Waals surface area contributed by atoms with E-state index in [1.54, 1.807) is 10.9 Å². The van der Waals surface area contributed by atoms with Crippen LogP contribution in [0.15, 0.2) is 42.7 Å². The average molecular weight is 309 g/mol. The average Bonchev–Trinajstić information content (AvgIpc) is 3.32. The molecule has 2 saturated carbocycles. The molecule has 4 unspecified atom stereocenters. The molecule has 1 amide bonds. The molecule has 4 atom stereocenters. The molecule has 0 saturated heterocycles. The molecule has 4 rings (SSSR count). The van der Waals surface area contributed by atoms with Crippen LogP contribution in [-0.4, -0.2) is 21.7 Å². The number of nitrogens with one attached hydrogen (secondary N) is 1. The van der Waals surface area contributed by atoms with Gasteiger partial charge in [0, 0.05) is 18.4 Å². The van der Waals surface area contributed by atoms with E-state index in [4.69, 9.17) is 0 Å². The van der Waals surface area contributed by atoms with Crippen molar-refractivity contribution in [1.29, 1.82) is 0 Å². The Labute approximate surface area is 136 Å². The zero-order chi connectivity index (χ0) is 15.8. The van der Waals surface area contributed by atoms with Gasteiger partial charge in [0.25, 0.3) is 5.91 Å². The fourth-order valence-corrected chi connectivity index (χ4v) is 4.57. The lowest BCUT2D eigenvalue weighted by Gasteiger charge is -2.28. The molecular weight excluding hydrogens is 286 g/mol. The third-order valence-electron chi connectivity index (χ3n) is 5.69. The first kappa shape index (κ1) is 14.5. The molecule has 4 nitrogen and oxygen atoms in total. The maximum atomic E-state index is 12.8. The number of carbonyl (C=O) groups excluding carboxylic acids is 1. The largest absolute Gasteiger partial charge is 0.349 e. The smallest absolute Gasteiger partial charge is 0.253 e. The van der Waals surface area contributed by atoms with E-state index < -0.39 is 0 Å². The Morgan fingerprint density at radius 1 is 1.26 bits per heavy atom. The standard InChI is InChI=1S/C19H23N3O/c1-13(17-12-14-7-8-15(17)11-14)21-19(23)16-5-2-3-6-18(16)22-10-4-9-20-22/h2-6,9-10,13-15,17H,7-8,11-12H2,1H3,(H,21,23). The highest BCUT2D eigenvalue weighted by atomic mass is 16.1. The number of benzene rings is 1. The maximum absolute atomic E-state index is 12.8. The lowest BCUT2D eigenvalue weighted by atomic mass is 9.84. The van der Waals surface area contributed by atoms with Gasteiger partial charge in [0.2, 0.25) is 0 Å². The summed E-state index contributed by atoms with van der Waals surface area (Å²) in [4.78, 5) is 12.8. The molecule has 0 spiro atoms. The van der Waals surface area contributed by atoms with E-state index in [9.17, 15) is 4.79 Å². The molecule has 1 heterocycles. The normalized spacial score (nSPS) is 27.1. The molecule has 120 valence electrons. The van der Waals surface area contributed by atoms with Gasteiger partial charge in [-0.3, -0.25) is 4.79 Å². The van der Waals surface area contributed by atoms with Crippen LogP contribution in [0.5, 0.6) is 0 Å². The third-order valence-corrected chi connectivity index (χ3v) is 5.69. The number of aromatic nitrogens is 2. The number of fused-ring (bicyclic) bond motifs is 2. The highest BCUT2D eigenvalue weighted by molar-refractivity contribution is 5.97. The molecule has 2 aliphatic rings. The summed E-state index contributed by atoms with van der Waals surface area (Å²) in [5, 5.41) is 7.50. The van der Waals surface area contributed by atoms with E-state index in [1.165, 1.54) is 25.7 Å². The minimum absolute atomic E-state index is 0.00590. The molecule has 4 heteroatoms. The first-order valence-electron chi connectivity index (χ1n) is 8.62. The summed E-state index contributed by atoms with van der Waals surface area (Å²) in [7, 11) is 0. The molecule has 2 bridgehead atoms. The lowest BCUT2D eigenvalue weighted by molar-refractivity contribution is 0.0915. The van der Waals surface area contributed by atoms with Crippen molar-refractivity contribution in [3.63, 3.8) is 0 Å². The topological polar surface area (TPSA) is 46.9 Å². The van der Waals surface area contributed by atoms with Gasteiger partial charge in [-0.05, 0) is 62.1 Å². The van der Waals surface area contributed by atoms with Crippen molar-refractivity contribution < 1.29 is 4.79 Å². The lowest BCUT2D eigenvalue weighted by Crippen LogP contribution is -2.40. The van der Waals surface area contributed by atoms with Crippen LogP contribution in [0, 0.1) is 17.8 Å². The van der Waals surface area contributed by atoms with Gasteiger partial charge in [0.15, 0.2) is 0 Å². The zero-order valence-corrected chi connectivity index (χ0v) is 13.5. The van der Waals surface area contributed by atoms with E-state index in [-0.39, 0.29) is 11.9 Å². The SMILES string of the molecule is CC(NC(=O)c1ccccc1-n1cccn1)C1CC2CCC1C2. The molecule has 1 N–H and O–H groups in total. The number of para-hydroxylation sites is 1. The van der Waals surface area contributed by atoms with Crippen molar-refractivity contribution in [3.8, 4) is 5.69 Å². The summed E-state index contributed by atoms with van der Waals surface area (Å²) in [6.45, 7) is 2.17.